The first-order valence-corrected chi connectivity index (χ1v) is 7.86. The van der Waals surface area contributed by atoms with E-state index in [2.05, 4.69) is 51.4 Å². The molecule has 24 heavy (non-hydrogen) atoms. The van der Waals surface area contributed by atoms with E-state index in [9.17, 15) is 0 Å². The van der Waals surface area contributed by atoms with E-state index < -0.39 is 0 Å². The van der Waals surface area contributed by atoms with Crippen molar-refractivity contribution in [2.75, 3.05) is 0 Å². The lowest BCUT2D eigenvalue weighted by molar-refractivity contribution is 0.193. The maximum absolute atomic E-state index is 5.71. The van der Waals surface area contributed by atoms with Crippen LogP contribution in [0.3, 0.4) is 0 Å². The highest BCUT2D eigenvalue weighted by Crippen LogP contribution is 2.34. The smallest absolute Gasteiger partial charge is 0.244 e. The molecule has 0 aromatic carbocycles. The number of hydrogen-bond acceptors (Lipinski definition) is 7. The molecule has 0 fully saturated rings. The summed E-state index contributed by atoms with van der Waals surface area (Å²) in [7, 11) is 0. The Labute approximate surface area is 140 Å². The van der Waals surface area contributed by atoms with E-state index >= 15 is 0 Å². The Kier molecular flexibility index (Phi) is 4.23. The van der Waals surface area contributed by atoms with Crippen molar-refractivity contribution in [1.29, 1.82) is 0 Å². The number of rotatable bonds is 5. The predicted molar refractivity (Wildman–Crippen MR) is 86.9 cm³/mol. The Morgan fingerprint density at radius 1 is 1.25 bits per heavy atom. The molecule has 0 spiro atoms. The first-order chi connectivity index (χ1) is 11.3. The SMILES string of the molecule is Cc1ccc(C(C)NC(c2nc(-c3ncn[nH]3)no2)C(C)(C)C)o1. The topological polar surface area (TPSA) is 106 Å². The van der Waals surface area contributed by atoms with Crippen molar-refractivity contribution in [3.05, 3.63) is 35.9 Å². The lowest BCUT2D eigenvalue weighted by Crippen LogP contribution is -2.34. The molecule has 3 aromatic rings. The molecule has 0 saturated carbocycles. The average molecular weight is 330 g/mol. The van der Waals surface area contributed by atoms with Crippen LogP contribution in [-0.2, 0) is 0 Å². The van der Waals surface area contributed by atoms with Crippen LogP contribution in [0, 0.1) is 12.3 Å². The Balaban J connectivity index is 1.85. The van der Waals surface area contributed by atoms with Gasteiger partial charge < -0.3 is 8.94 Å². The summed E-state index contributed by atoms with van der Waals surface area (Å²) < 4.78 is 11.2. The zero-order valence-corrected chi connectivity index (χ0v) is 14.5. The summed E-state index contributed by atoms with van der Waals surface area (Å²) in [5, 5.41) is 14.1. The fourth-order valence-corrected chi connectivity index (χ4v) is 2.47. The fraction of sp³-hybridized carbons (Fsp3) is 0.500. The Morgan fingerprint density at radius 3 is 2.62 bits per heavy atom. The number of aryl methyl sites for hydroxylation is 1. The number of aromatic amines is 1. The molecular weight excluding hydrogens is 308 g/mol. The van der Waals surface area contributed by atoms with Gasteiger partial charge in [0.2, 0.25) is 11.7 Å². The highest BCUT2D eigenvalue weighted by molar-refractivity contribution is 5.39. The summed E-state index contributed by atoms with van der Waals surface area (Å²) in [4.78, 5) is 8.51. The van der Waals surface area contributed by atoms with Crippen molar-refractivity contribution in [3.8, 4) is 11.6 Å². The quantitative estimate of drug-likeness (QED) is 0.740. The minimum atomic E-state index is -0.151. The largest absolute Gasteiger partial charge is 0.465 e. The number of nitrogens with zero attached hydrogens (tertiary/aromatic N) is 4. The normalized spacial score (nSPS) is 14.7. The van der Waals surface area contributed by atoms with Gasteiger partial charge in [-0.25, -0.2) is 4.98 Å². The standard InChI is InChI=1S/C16H22N6O2/c1-9-6-7-11(23-9)10(2)19-12(16(3,4)5)15-20-14(22-24-15)13-17-8-18-21-13/h6-8,10,12,19H,1-5H3,(H,17,18,21). The van der Waals surface area contributed by atoms with Crippen molar-refractivity contribution >= 4 is 0 Å². The molecular formula is C16H22N6O2. The molecule has 3 rings (SSSR count). The van der Waals surface area contributed by atoms with Gasteiger partial charge in [-0.05, 0) is 31.4 Å². The molecule has 2 N–H and O–H groups in total. The number of H-pyrrole nitrogens is 1. The van der Waals surface area contributed by atoms with Crippen molar-refractivity contribution in [2.45, 2.75) is 46.7 Å². The van der Waals surface area contributed by atoms with Gasteiger partial charge in [-0.3, -0.25) is 10.4 Å². The van der Waals surface area contributed by atoms with E-state index in [1.165, 1.54) is 6.33 Å². The van der Waals surface area contributed by atoms with Gasteiger partial charge in [0.05, 0.1) is 12.1 Å². The molecule has 3 aromatic heterocycles. The molecule has 2 unspecified atom stereocenters. The Morgan fingerprint density at radius 2 is 2.04 bits per heavy atom. The molecule has 0 bridgehead atoms. The van der Waals surface area contributed by atoms with Gasteiger partial charge in [-0.2, -0.15) is 10.1 Å². The molecule has 0 aliphatic rings. The molecule has 0 aliphatic heterocycles. The molecule has 0 radical (unpaired) electrons. The second-order valence-electron chi connectivity index (χ2n) is 6.93. The Bertz CT molecular complexity index is 784. The van der Waals surface area contributed by atoms with E-state index in [0.29, 0.717) is 17.5 Å². The Hall–Kier alpha value is -2.48. The summed E-state index contributed by atoms with van der Waals surface area (Å²) in [6, 6.07) is 3.78. The molecule has 0 amide bonds. The van der Waals surface area contributed by atoms with Crippen molar-refractivity contribution in [2.24, 2.45) is 5.41 Å². The summed E-state index contributed by atoms with van der Waals surface area (Å²) in [6.45, 7) is 10.3. The van der Waals surface area contributed by atoms with E-state index in [4.69, 9.17) is 8.94 Å². The first kappa shape index (κ1) is 16.4. The molecule has 2 atom stereocenters. The number of furan rings is 1. The van der Waals surface area contributed by atoms with Crippen LogP contribution < -0.4 is 5.32 Å². The first-order valence-electron chi connectivity index (χ1n) is 7.86. The minimum Gasteiger partial charge on any atom is -0.465 e. The number of aromatic nitrogens is 5. The van der Waals surface area contributed by atoms with Crippen LogP contribution in [0.4, 0.5) is 0 Å². The lowest BCUT2D eigenvalue weighted by Gasteiger charge is -2.30. The average Bonchev–Trinajstić information content (AvgIpc) is 3.23. The molecule has 0 saturated heterocycles. The third-order valence-corrected chi connectivity index (χ3v) is 3.79. The maximum atomic E-state index is 5.71. The number of nitrogens with one attached hydrogen (secondary N) is 2. The highest BCUT2D eigenvalue weighted by atomic mass is 16.5. The van der Waals surface area contributed by atoms with Crippen LogP contribution in [0.25, 0.3) is 11.6 Å². The van der Waals surface area contributed by atoms with E-state index in [-0.39, 0.29) is 17.5 Å². The summed E-state index contributed by atoms with van der Waals surface area (Å²) in [5.41, 5.74) is -0.138. The van der Waals surface area contributed by atoms with E-state index in [0.717, 1.165) is 11.5 Å². The van der Waals surface area contributed by atoms with Gasteiger partial charge in [0, 0.05) is 0 Å². The third kappa shape index (κ3) is 3.38. The van der Waals surface area contributed by atoms with E-state index in [1.54, 1.807) is 0 Å². The second-order valence-corrected chi connectivity index (χ2v) is 6.93. The van der Waals surface area contributed by atoms with Crippen molar-refractivity contribution < 1.29 is 8.94 Å². The van der Waals surface area contributed by atoms with E-state index in [1.807, 2.05) is 26.0 Å². The van der Waals surface area contributed by atoms with Crippen LogP contribution >= 0.6 is 0 Å². The van der Waals surface area contributed by atoms with Crippen LogP contribution in [-0.4, -0.2) is 25.3 Å². The minimum absolute atomic E-state index is 0.00329. The zero-order valence-electron chi connectivity index (χ0n) is 14.5. The van der Waals surface area contributed by atoms with Gasteiger partial charge in [0.15, 0.2) is 5.82 Å². The molecule has 3 heterocycles. The lowest BCUT2D eigenvalue weighted by atomic mass is 9.86. The van der Waals surface area contributed by atoms with Crippen LogP contribution in [0.15, 0.2) is 27.4 Å². The summed E-state index contributed by atoms with van der Waals surface area (Å²) in [6.07, 6.45) is 1.41. The second kappa shape index (κ2) is 6.20. The van der Waals surface area contributed by atoms with Gasteiger partial charge >= 0.3 is 0 Å². The summed E-state index contributed by atoms with van der Waals surface area (Å²) >= 11 is 0. The molecule has 8 nitrogen and oxygen atoms in total. The molecule has 128 valence electrons. The van der Waals surface area contributed by atoms with Crippen LogP contribution in [0.5, 0.6) is 0 Å². The van der Waals surface area contributed by atoms with Crippen LogP contribution in [0.2, 0.25) is 0 Å². The summed E-state index contributed by atoms with van der Waals surface area (Å²) in [5.74, 6) is 3.13. The molecule has 8 heteroatoms. The predicted octanol–water partition coefficient (Wildman–Crippen LogP) is 3.19. The van der Waals surface area contributed by atoms with Gasteiger partial charge in [0.25, 0.3) is 0 Å². The monoisotopic (exact) mass is 330 g/mol. The molecule has 0 aliphatic carbocycles. The highest BCUT2D eigenvalue weighted by Gasteiger charge is 2.33. The number of hydrogen-bond donors (Lipinski definition) is 2. The van der Waals surface area contributed by atoms with Crippen LogP contribution in [0.1, 0.15) is 57.2 Å². The van der Waals surface area contributed by atoms with Crippen molar-refractivity contribution in [1.82, 2.24) is 30.6 Å². The maximum Gasteiger partial charge on any atom is 0.244 e. The van der Waals surface area contributed by atoms with Crippen molar-refractivity contribution in [3.63, 3.8) is 0 Å². The fourth-order valence-electron chi connectivity index (χ4n) is 2.47. The van der Waals surface area contributed by atoms with Gasteiger partial charge in [-0.1, -0.05) is 25.9 Å². The van der Waals surface area contributed by atoms with Gasteiger partial charge in [-0.15, -0.1) is 0 Å². The third-order valence-electron chi connectivity index (χ3n) is 3.79. The zero-order chi connectivity index (χ0) is 17.3. The van der Waals surface area contributed by atoms with Gasteiger partial charge in [0.1, 0.15) is 17.8 Å².